The lowest BCUT2D eigenvalue weighted by atomic mass is 9.98. The molecule has 0 saturated heterocycles. The minimum atomic E-state index is -0.745. The molecule has 5 heteroatoms. The van der Waals surface area contributed by atoms with Gasteiger partial charge in [0.05, 0.1) is 18.8 Å². The molecule has 1 rings (SSSR count). The van der Waals surface area contributed by atoms with Crippen molar-refractivity contribution in [2.75, 3.05) is 18.5 Å². The number of rotatable bonds is 6. The van der Waals surface area contributed by atoms with Gasteiger partial charge in [-0.05, 0) is 19.4 Å². The Morgan fingerprint density at radius 1 is 1.35 bits per heavy atom. The van der Waals surface area contributed by atoms with Crippen LogP contribution in [0, 0.1) is 6.92 Å². The second kappa shape index (κ2) is 5.95. The van der Waals surface area contributed by atoms with Crippen LogP contribution in [-0.2, 0) is 6.54 Å². The van der Waals surface area contributed by atoms with Crippen LogP contribution in [0.1, 0.15) is 24.6 Å². The molecular formula is C12H21N3O2. The second-order valence-corrected chi connectivity index (χ2v) is 4.24. The lowest BCUT2D eigenvalue weighted by Gasteiger charge is -2.31. The Labute approximate surface area is 102 Å². The Hall–Kier alpha value is -1.17. The van der Waals surface area contributed by atoms with Crippen LogP contribution in [0.5, 0.6) is 0 Å². The summed E-state index contributed by atoms with van der Waals surface area (Å²) in [4.78, 5) is 4.36. The number of aryl methyl sites for hydroxylation is 1. The van der Waals surface area contributed by atoms with Crippen molar-refractivity contribution in [1.29, 1.82) is 0 Å². The van der Waals surface area contributed by atoms with E-state index >= 15 is 0 Å². The molecule has 1 aromatic heterocycles. The van der Waals surface area contributed by atoms with Crippen molar-refractivity contribution in [2.45, 2.75) is 32.4 Å². The average molecular weight is 239 g/mol. The van der Waals surface area contributed by atoms with Gasteiger partial charge in [-0.25, -0.2) is 4.98 Å². The van der Waals surface area contributed by atoms with E-state index in [-0.39, 0.29) is 13.2 Å². The number of nitrogens with zero attached hydrogens (tertiary/aromatic N) is 1. The first-order valence-corrected chi connectivity index (χ1v) is 5.77. The van der Waals surface area contributed by atoms with E-state index in [4.69, 9.17) is 5.73 Å². The van der Waals surface area contributed by atoms with Gasteiger partial charge in [0.15, 0.2) is 0 Å². The van der Waals surface area contributed by atoms with Crippen LogP contribution in [0.3, 0.4) is 0 Å². The van der Waals surface area contributed by atoms with Gasteiger partial charge in [0, 0.05) is 17.8 Å². The maximum atomic E-state index is 9.39. The topological polar surface area (TPSA) is 91.4 Å². The summed E-state index contributed by atoms with van der Waals surface area (Å²) in [6.07, 6.45) is 0.597. The molecule has 96 valence electrons. The zero-order valence-electron chi connectivity index (χ0n) is 10.4. The summed E-state index contributed by atoms with van der Waals surface area (Å²) in [6, 6.07) is 3.79. The van der Waals surface area contributed by atoms with Gasteiger partial charge < -0.3 is 21.3 Å². The van der Waals surface area contributed by atoms with Crippen LogP contribution in [0.2, 0.25) is 0 Å². The van der Waals surface area contributed by atoms with Crippen molar-refractivity contribution in [3.05, 3.63) is 23.4 Å². The molecule has 0 amide bonds. The van der Waals surface area contributed by atoms with E-state index < -0.39 is 5.54 Å². The fourth-order valence-corrected chi connectivity index (χ4v) is 1.55. The average Bonchev–Trinajstić information content (AvgIpc) is 2.36. The minimum Gasteiger partial charge on any atom is -0.394 e. The summed E-state index contributed by atoms with van der Waals surface area (Å²) in [5.74, 6) is 0.637. The number of aromatic nitrogens is 1. The summed E-state index contributed by atoms with van der Waals surface area (Å²) in [5.41, 5.74) is 6.63. The van der Waals surface area contributed by atoms with Gasteiger partial charge in [-0.2, -0.15) is 0 Å². The number of aliphatic hydroxyl groups is 2. The lowest BCUT2D eigenvalue weighted by molar-refractivity contribution is 0.132. The third kappa shape index (κ3) is 3.15. The van der Waals surface area contributed by atoms with E-state index in [0.717, 1.165) is 11.3 Å². The van der Waals surface area contributed by atoms with E-state index in [9.17, 15) is 10.2 Å². The van der Waals surface area contributed by atoms with Crippen LogP contribution >= 0.6 is 0 Å². The summed E-state index contributed by atoms with van der Waals surface area (Å²) >= 11 is 0. The molecule has 0 aliphatic carbocycles. The Morgan fingerprint density at radius 3 is 2.47 bits per heavy atom. The van der Waals surface area contributed by atoms with Gasteiger partial charge in [-0.1, -0.05) is 13.0 Å². The Balaban J connectivity index is 3.03. The number of pyridine rings is 1. The molecule has 1 heterocycles. The highest BCUT2D eigenvalue weighted by Crippen LogP contribution is 2.20. The number of nitrogens with two attached hydrogens (primary N) is 1. The van der Waals surface area contributed by atoms with Crippen LogP contribution in [0.15, 0.2) is 12.1 Å². The Bertz CT molecular complexity index is 357. The fraction of sp³-hybridized carbons (Fsp3) is 0.583. The maximum Gasteiger partial charge on any atom is 0.131 e. The van der Waals surface area contributed by atoms with Crippen LogP contribution in [0.4, 0.5) is 5.82 Å². The first-order chi connectivity index (χ1) is 8.10. The van der Waals surface area contributed by atoms with Gasteiger partial charge in [-0.15, -0.1) is 0 Å². The van der Waals surface area contributed by atoms with E-state index in [2.05, 4.69) is 10.3 Å². The monoisotopic (exact) mass is 239 g/mol. The predicted octanol–water partition coefficient (Wildman–Crippen LogP) is 0.394. The normalized spacial score (nSPS) is 11.6. The maximum absolute atomic E-state index is 9.39. The van der Waals surface area contributed by atoms with Crippen molar-refractivity contribution >= 4 is 5.82 Å². The van der Waals surface area contributed by atoms with Gasteiger partial charge in [-0.3, -0.25) is 0 Å². The Morgan fingerprint density at radius 2 is 2.00 bits per heavy atom. The molecule has 0 aliphatic rings. The fourth-order valence-electron chi connectivity index (χ4n) is 1.55. The lowest BCUT2D eigenvalue weighted by Crippen LogP contribution is -2.45. The number of nitrogens with one attached hydrogen (secondary N) is 1. The molecule has 0 radical (unpaired) electrons. The molecule has 5 N–H and O–H groups in total. The zero-order valence-corrected chi connectivity index (χ0v) is 10.4. The second-order valence-electron chi connectivity index (χ2n) is 4.24. The summed E-state index contributed by atoms with van der Waals surface area (Å²) in [5, 5.41) is 21.9. The van der Waals surface area contributed by atoms with Gasteiger partial charge in [0.2, 0.25) is 0 Å². The molecule has 0 spiro atoms. The number of aliphatic hydroxyl groups excluding tert-OH is 2. The molecule has 0 unspecified atom stereocenters. The van der Waals surface area contributed by atoms with Crippen molar-refractivity contribution < 1.29 is 10.2 Å². The summed E-state index contributed by atoms with van der Waals surface area (Å²) in [6.45, 7) is 3.85. The molecule has 17 heavy (non-hydrogen) atoms. The van der Waals surface area contributed by atoms with E-state index in [1.807, 2.05) is 26.0 Å². The molecule has 0 fully saturated rings. The van der Waals surface area contributed by atoms with Crippen molar-refractivity contribution in [2.24, 2.45) is 5.73 Å². The van der Waals surface area contributed by atoms with Gasteiger partial charge in [0.1, 0.15) is 5.82 Å². The van der Waals surface area contributed by atoms with E-state index in [0.29, 0.717) is 18.8 Å². The van der Waals surface area contributed by atoms with E-state index in [1.54, 1.807) is 0 Å². The summed E-state index contributed by atoms with van der Waals surface area (Å²) < 4.78 is 0. The first-order valence-electron chi connectivity index (χ1n) is 5.77. The Kier molecular flexibility index (Phi) is 4.86. The number of hydrogen-bond donors (Lipinski definition) is 4. The van der Waals surface area contributed by atoms with Crippen LogP contribution in [-0.4, -0.2) is 33.9 Å². The molecule has 0 bridgehead atoms. The zero-order chi connectivity index (χ0) is 12.9. The smallest absolute Gasteiger partial charge is 0.131 e. The highest BCUT2D eigenvalue weighted by Gasteiger charge is 2.27. The molecule has 0 saturated carbocycles. The molecular weight excluding hydrogens is 218 g/mol. The third-order valence-corrected chi connectivity index (χ3v) is 3.00. The molecule has 0 aromatic carbocycles. The molecule has 0 atom stereocenters. The van der Waals surface area contributed by atoms with E-state index in [1.165, 1.54) is 0 Å². The van der Waals surface area contributed by atoms with Crippen molar-refractivity contribution in [1.82, 2.24) is 4.98 Å². The molecule has 1 aromatic rings. The predicted molar refractivity (Wildman–Crippen MR) is 67.7 cm³/mol. The number of hydrogen-bond acceptors (Lipinski definition) is 5. The highest BCUT2D eigenvalue weighted by atomic mass is 16.3. The molecule has 5 nitrogen and oxygen atoms in total. The van der Waals surface area contributed by atoms with Gasteiger partial charge >= 0.3 is 0 Å². The quantitative estimate of drug-likeness (QED) is 0.576. The standard InChI is InChI=1S/C12H21N3O2/c1-3-12(7-16,8-17)15-11-10(6-13)5-4-9(2)14-11/h4-5,16-17H,3,6-8,13H2,1-2H3,(H,14,15). The third-order valence-electron chi connectivity index (χ3n) is 3.00. The summed E-state index contributed by atoms with van der Waals surface area (Å²) in [7, 11) is 0. The largest absolute Gasteiger partial charge is 0.394 e. The van der Waals surface area contributed by atoms with Crippen molar-refractivity contribution in [3.63, 3.8) is 0 Å². The first kappa shape index (κ1) is 13.9. The van der Waals surface area contributed by atoms with Crippen molar-refractivity contribution in [3.8, 4) is 0 Å². The van der Waals surface area contributed by atoms with Crippen LogP contribution < -0.4 is 11.1 Å². The van der Waals surface area contributed by atoms with Crippen LogP contribution in [0.25, 0.3) is 0 Å². The van der Waals surface area contributed by atoms with Gasteiger partial charge in [0.25, 0.3) is 0 Å². The highest BCUT2D eigenvalue weighted by molar-refractivity contribution is 5.47. The minimum absolute atomic E-state index is 0.153. The molecule has 0 aliphatic heterocycles. The number of anilines is 1. The SMILES string of the molecule is CCC(CO)(CO)Nc1nc(C)ccc1CN.